The molecule has 0 aliphatic carbocycles. The Hall–Kier alpha value is -1.56. The lowest BCUT2D eigenvalue weighted by atomic mass is 10.1. The number of amides is 1. The van der Waals surface area contributed by atoms with Crippen molar-refractivity contribution in [1.29, 1.82) is 0 Å². The molecule has 2 N–H and O–H groups in total. The van der Waals surface area contributed by atoms with E-state index in [4.69, 9.17) is 10.5 Å². The normalized spacial score (nSPS) is 14.9. The van der Waals surface area contributed by atoms with Crippen LogP contribution in [0.1, 0.15) is 35.2 Å². The summed E-state index contributed by atoms with van der Waals surface area (Å²) in [5, 5.41) is 0. The quantitative estimate of drug-likeness (QED) is 0.668. The SMILES string of the molecule is Cc1c(N)cc(Br)cc1C(=O)OCC(=O)N1CCCCC1. The highest BCUT2D eigenvalue weighted by atomic mass is 79.9. The zero-order valence-electron chi connectivity index (χ0n) is 12.0. The Morgan fingerprint density at radius 1 is 1.29 bits per heavy atom. The number of nitrogens with two attached hydrogens (primary N) is 1. The molecule has 0 saturated carbocycles. The molecule has 0 aromatic heterocycles. The Bertz CT molecular complexity index is 554. The van der Waals surface area contributed by atoms with Crippen LogP contribution in [0.2, 0.25) is 0 Å². The molecule has 6 heteroatoms. The molecule has 1 fully saturated rings. The minimum atomic E-state index is -0.522. The van der Waals surface area contributed by atoms with E-state index in [1.165, 1.54) is 0 Å². The third kappa shape index (κ3) is 3.97. The van der Waals surface area contributed by atoms with Gasteiger partial charge in [-0.1, -0.05) is 15.9 Å². The lowest BCUT2D eigenvalue weighted by molar-refractivity contribution is -0.135. The van der Waals surface area contributed by atoms with Gasteiger partial charge in [0, 0.05) is 23.2 Å². The first-order chi connectivity index (χ1) is 9.99. The van der Waals surface area contributed by atoms with Crippen molar-refractivity contribution in [3.05, 3.63) is 27.7 Å². The highest BCUT2D eigenvalue weighted by molar-refractivity contribution is 9.10. The van der Waals surface area contributed by atoms with Gasteiger partial charge >= 0.3 is 5.97 Å². The molecule has 0 radical (unpaired) electrons. The summed E-state index contributed by atoms with van der Waals surface area (Å²) in [5.74, 6) is -0.658. The lowest BCUT2D eigenvalue weighted by Crippen LogP contribution is -2.38. The monoisotopic (exact) mass is 354 g/mol. The van der Waals surface area contributed by atoms with Gasteiger partial charge in [-0.3, -0.25) is 4.79 Å². The van der Waals surface area contributed by atoms with Crippen LogP contribution in [0.15, 0.2) is 16.6 Å². The number of hydrogen-bond acceptors (Lipinski definition) is 4. The van der Waals surface area contributed by atoms with E-state index in [1.54, 1.807) is 24.0 Å². The predicted octanol–water partition coefficient (Wildman–Crippen LogP) is 2.51. The van der Waals surface area contributed by atoms with Gasteiger partial charge in [0.1, 0.15) is 0 Å². The van der Waals surface area contributed by atoms with Crippen LogP contribution < -0.4 is 5.73 Å². The van der Waals surface area contributed by atoms with E-state index in [-0.39, 0.29) is 12.5 Å². The van der Waals surface area contributed by atoms with E-state index in [1.807, 2.05) is 0 Å². The molecule has 1 saturated heterocycles. The minimum absolute atomic E-state index is 0.135. The number of likely N-dealkylation sites (tertiary alicyclic amines) is 1. The third-order valence-corrected chi connectivity index (χ3v) is 4.13. The molecular formula is C15H19BrN2O3. The number of nitrogen functional groups attached to an aromatic ring is 1. The van der Waals surface area contributed by atoms with Crippen molar-refractivity contribution < 1.29 is 14.3 Å². The molecule has 1 aliphatic heterocycles. The fourth-order valence-corrected chi connectivity index (χ4v) is 2.83. The maximum Gasteiger partial charge on any atom is 0.339 e. The number of benzene rings is 1. The van der Waals surface area contributed by atoms with Gasteiger partial charge in [-0.2, -0.15) is 0 Å². The molecule has 1 amide bonds. The number of esters is 1. The number of piperidine rings is 1. The summed E-state index contributed by atoms with van der Waals surface area (Å²) in [6, 6.07) is 3.38. The standard InChI is InChI=1S/C15H19BrN2O3/c1-10-12(7-11(16)8-13(10)17)15(20)21-9-14(19)18-5-3-2-4-6-18/h7-8H,2-6,9,17H2,1H3. The Morgan fingerprint density at radius 3 is 2.62 bits per heavy atom. The smallest absolute Gasteiger partial charge is 0.339 e. The minimum Gasteiger partial charge on any atom is -0.452 e. The molecule has 1 aromatic rings. The van der Waals surface area contributed by atoms with Crippen LogP contribution in [-0.2, 0) is 9.53 Å². The van der Waals surface area contributed by atoms with Gasteiger partial charge in [0.25, 0.3) is 5.91 Å². The van der Waals surface area contributed by atoms with Crippen LogP contribution >= 0.6 is 15.9 Å². The maximum absolute atomic E-state index is 12.1. The van der Waals surface area contributed by atoms with Gasteiger partial charge in [0.15, 0.2) is 6.61 Å². The van der Waals surface area contributed by atoms with E-state index in [2.05, 4.69) is 15.9 Å². The van der Waals surface area contributed by atoms with E-state index in [0.717, 1.165) is 32.4 Å². The summed E-state index contributed by atoms with van der Waals surface area (Å²) in [6.45, 7) is 3.04. The largest absolute Gasteiger partial charge is 0.452 e. The summed E-state index contributed by atoms with van der Waals surface area (Å²) in [4.78, 5) is 25.8. The molecule has 2 rings (SSSR count). The molecule has 0 unspecified atom stereocenters. The third-order valence-electron chi connectivity index (χ3n) is 3.67. The second-order valence-electron chi connectivity index (χ2n) is 5.19. The first-order valence-electron chi connectivity index (χ1n) is 6.99. The second-order valence-corrected chi connectivity index (χ2v) is 6.10. The number of halogens is 1. The molecular weight excluding hydrogens is 336 g/mol. The molecule has 21 heavy (non-hydrogen) atoms. The summed E-state index contributed by atoms with van der Waals surface area (Å²) < 4.78 is 5.84. The first-order valence-corrected chi connectivity index (χ1v) is 7.79. The number of anilines is 1. The zero-order valence-corrected chi connectivity index (χ0v) is 13.6. The Morgan fingerprint density at radius 2 is 1.95 bits per heavy atom. The maximum atomic E-state index is 12.1. The first kappa shape index (κ1) is 15.8. The van der Waals surface area contributed by atoms with Gasteiger partial charge in [-0.15, -0.1) is 0 Å². The number of hydrogen-bond donors (Lipinski definition) is 1. The van der Waals surface area contributed by atoms with Crippen LogP contribution in [0.3, 0.4) is 0 Å². The molecule has 0 atom stereocenters. The average Bonchev–Trinajstić information content (AvgIpc) is 2.49. The summed E-state index contributed by atoms with van der Waals surface area (Å²) in [6.07, 6.45) is 3.18. The van der Waals surface area contributed by atoms with Crippen LogP contribution in [0.4, 0.5) is 5.69 Å². The molecule has 1 aliphatic rings. The lowest BCUT2D eigenvalue weighted by Gasteiger charge is -2.26. The van der Waals surface area contributed by atoms with Gasteiger partial charge in [-0.05, 0) is 43.9 Å². The van der Waals surface area contributed by atoms with Crippen molar-refractivity contribution in [3.63, 3.8) is 0 Å². The predicted molar refractivity (Wildman–Crippen MR) is 84.0 cm³/mol. The molecule has 5 nitrogen and oxygen atoms in total. The van der Waals surface area contributed by atoms with Crippen molar-refractivity contribution in [3.8, 4) is 0 Å². The van der Waals surface area contributed by atoms with Gasteiger partial charge in [-0.25, -0.2) is 4.79 Å². The highest BCUT2D eigenvalue weighted by Gasteiger charge is 2.19. The van der Waals surface area contributed by atoms with Gasteiger partial charge in [0.2, 0.25) is 0 Å². The number of ether oxygens (including phenoxy) is 1. The van der Waals surface area contributed by atoms with Crippen LogP contribution in [0, 0.1) is 6.92 Å². The highest BCUT2D eigenvalue weighted by Crippen LogP contribution is 2.23. The van der Waals surface area contributed by atoms with Crippen molar-refractivity contribution in [2.45, 2.75) is 26.2 Å². The molecule has 1 heterocycles. The van der Waals surface area contributed by atoms with E-state index >= 15 is 0 Å². The van der Waals surface area contributed by atoms with E-state index < -0.39 is 5.97 Å². The molecule has 0 spiro atoms. The summed E-state index contributed by atoms with van der Waals surface area (Å²) in [5.41, 5.74) is 7.38. The number of carbonyl (C=O) groups excluding carboxylic acids is 2. The Labute approximate surface area is 132 Å². The van der Waals surface area contributed by atoms with Crippen molar-refractivity contribution in [1.82, 2.24) is 4.90 Å². The average molecular weight is 355 g/mol. The zero-order chi connectivity index (χ0) is 15.4. The van der Waals surface area contributed by atoms with E-state index in [9.17, 15) is 9.59 Å². The molecule has 114 valence electrons. The van der Waals surface area contributed by atoms with Crippen molar-refractivity contribution >= 4 is 33.5 Å². The van der Waals surface area contributed by atoms with Crippen molar-refractivity contribution in [2.75, 3.05) is 25.4 Å². The molecule has 1 aromatic carbocycles. The Kier molecular flexibility index (Phi) is 5.22. The van der Waals surface area contributed by atoms with Crippen molar-refractivity contribution in [2.24, 2.45) is 0 Å². The van der Waals surface area contributed by atoms with Crippen LogP contribution in [0.5, 0.6) is 0 Å². The fourth-order valence-electron chi connectivity index (χ4n) is 2.35. The Balaban J connectivity index is 1.97. The van der Waals surface area contributed by atoms with Gasteiger partial charge < -0.3 is 15.4 Å². The second kappa shape index (κ2) is 6.93. The number of rotatable bonds is 3. The number of nitrogens with zero attached hydrogens (tertiary/aromatic N) is 1. The van der Waals surface area contributed by atoms with Crippen LogP contribution in [0.25, 0.3) is 0 Å². The van der Waals surface area contributed by atoms with Gasteiger partial charge in [0.05, 0.1) is 5.56 Å². The topological polar surface area (TPSA) is 72.6 Å². The summed E-state index contributed by atoms with van der Waals surface area (Å²) in [7, 11) is 0. The van der Waals surface area contributed by atoms with E-state index in [0.29, 0.717) is 21.3 Å². The molecule has 0 bridgehead atoms. The summed E-state index contributed by atoms with van der Waals surface area (Å²) >= 11 is 3.30. The van der Waals surface area contributed by atoms with Crippen LogP contribution in [-0.4, -0.2) is 36.5 Å². The fraction of sp³-hybridized carbons (Fsp3) is 0.467. The number of carbonyl (C=O) groups is 2.